The Morgan fingerprint density at radius 3 is 2.75 bits per heavy atom. The zero-order valence-corrected chi connectivity index (χ0v) is 9.25. The molecule has 2 saturated carbocycles. The quantitative estimate of drug-likeness (QED) is 0.752. The lowest BCUT2D eigenvalue weighted by Gasteiger charge is -2.24. The zero-order chi connectivity index (χ0) is 11.1. The van der Waals surface area contributed by atoms with E-state index in [1.165, 1.54) is 37.8 Å². The van der Waals surface area contributed by atoms with Crippen LogP contribution in [0.4, 0.5) is 15.8 Å². The number of fused-ring (bicyclic) bond motifs is 2. The van der Waals surface area contributed by atoms with E-state index in [1.54, 1.807) is 6.07 Å². The molecule has 3 heteroatoms. The third-order valence-electron chi connectivity index (χ3n) is 4.09. The van der Waals surface area contributed by atoms with Crippen LogP contribution in [-0.2, 0) is 0 Å². The van der Waals surface area contributed by atoms with Crippen molar-refractivity contribution in [3.63, 3.8) is 0 Å². The van der Waals surface area contributed by atoms with Crippen molar-refractivity contribution < 1.29 is 4.39 Å². The minimum absolute atomic E-state index is 0.268. The minimum atomic E-state index is -0.268. The second-order valence-electron chi connectivity index (χ2n) is 5.16. The molecule has 2 bridgehead atoms. The molecule has 0 heterocycles. The van der Waals surface area contributed by atoms with E-state index >= 15 is 0 Å². The van der Waals surface area contributed by atoms with E-state index in [4.69, 9.17) is 5.73 Å². The highest BCUT2D eigenvalue weighted by atomic mass is 19.1. The lowest BCUT2D eigenvalue weighted by Crippen LogP contribution is -2.26. The van der Waals surface area contributed by atoms with Crippen LogP contribution in [0, 0.1) is 17.7 Å². The lowest BCUT2D eigenvalue weighted by molar-refractivity contribution is 0.440. The van der Waals surface area contributed by atoms with Crippen LogP contribution < -0.4 is 11.1 Å². The lowest BCUT2D eigenvalue weighted by atomic mass is 9.95. The first-order valence-corrected chi connectivity index (χ1v) is 6.04. The number of hydrogen-bond acceptors (Lipinski definition) is 2. The first-order valence-electron chi connectivity index (χ1n) is 6.04. The number of halogens is 1. The number of benzene rings is 1. The Balaban J connectivity index is 1.74. The van der Waals surface area contributed by atoms with Crippen molar-refractivity contribution in [3.8, 4) is 0 Å². The summed E-state index contributed by atoms with van der Waals surface area (Å²) >= 11 is 0. The Bertz CT molecular complexity index is 405. The first-order chi connectivity index (χ1) is 7.72. The Morgan fingerprint density at radius 1 is 1.25 bits per heavy atom. The van der Waals surface area contributed by atoms with Gasteiger partial charge in [0, 0.05) is 6.04 Å². The molecular weight excluding hydrogens is 203 g/mol. The summed E-state index contributed by atoms with van der Waals surface area (Å²) in [6.45, 7) is 0. The number of hydrogen-bond donors (Lipinski definition) is 2. The standard InChI is InChI=1S/C13H17FN2/c14-10-3-4-12(11(15)7-10)16-13-6-8-1-2-9(13)5-8/h3-4,7-9,13,16H,1-2,5-6,15H2. The number of nitrogens with two attached hydrogens (primary N) is 1. The van der Waals surface area contributed by atoms with E-state index < -0.39 is 0 Å². The van der Waals surface area contributed by atoms with E-state index in [2.05, 4.69) is 5.32 Å². The summed E-state index contributed by atoms with van der Waals surface area (Å²) in [6, 6.07) is 5.14. The van der Waals surface area contributed by atoms with Crippen molar-refractivity contribution in [1.29, 1.82) is 0 Å². The normalized spacial score (nSPS) is 31.9. The molecule has 0 radical (unpaired) electrons. The maximum absolute atomic E-state index is 12.9. The van der Waals surface area contributed by atoms with Crippen molar-refractivity contribution in [3.05, 3.63) is 24.0 Å². The van der Waals surface area contributed by atoms with Crippen LogP contribution in [0.3, 0.4) is 0 Å². The van der Waals surface area contributed by atoms with Crippen molar-refractivity contribution in [2.45, 2.75) is 31.7 Å². The molecule has 0 aromatic heterocycles. The molecule has 2 aliphatic rings. The van der Waals surface area contributed by atoms with Gasteiger partial charge in [-0.25, -0.2) is 4.39 Å². The highest BCUT2D eigenvalue weighted by Gasteiger charge is 2.39. The number of nitrogen functional groups attached to an aromatic ring is 1. The number of rotatable bonds is 2. The zero-order valence-electron chi connectivity index (χ0n) is 9.25. The van der Waals surface area contributed by atoms with Crippen molar-refractivity contribution in [2.75, 3.05) is 11.1 Å². The molecule has 0 aliphatic heterocycles. The molecule has 2 nitrogen and oxygen atoms in total. The van der Waals surface area contributed by atoms with E-state index in [0.717, 1.165) is 17.5 Å². The maximum atomic E-state index is 12.9. The smallest absolute Gasteiger partial charge is 0.125 e. The molecule has 3 N–H and O–H groups in total. The second kappa shape index (κ2) is 3.65. The average Bonchev–Trinajstić information content (AvgIpc) is 2.84. The molecule has 3 atom stereocenters. The summed E-state index contributed by atoms with van der Waals surface area (Å²) in [4.78, 5) is 0. The molecular formula is C13H17FN2. The third-order valence-corrected chi connectivity index (χ3v) is 4.09. The molecule has 16 heavy (non-hydrogen) atoms. The molecule has 86 valence electrons. The molecule has 1 aromatic rings. The Labute approximate surface area is 95.0 Å². The van der Waals surface area contributed by atoms with Crippen molar-refractivity contribution in [2.24, 2.45) is 11.8 Å². The summed E-state index contributed by atoms with van der Waals surface area (Å²) < 4.78 is 12.9. The summed E-state index contributed by atoms with van der Waals surface area (Å²) in [6.07, 6.45) is 5.34. The van der Waals surface area contributed by atoms with Crippen molar-refractivity contribution in [1.82, 2.24) is 0 Å². The predicted molar refractivity (Wildman–Crippen MR) is 63.7 cm³/mol. The van der Waals surface area contributed by atoms with E-state index in [1.807, 2.05) is 0 Å². The fourth-order valence-corrected chi connectivity index (χ4v) is 3.29. The summed E-state index contributed by atoms with van der Waals surface area (Å²) in [5, 5.41) is 3.48. The van der Waals surface area contributed by atoms with Gasteiger partial charge in [-0.3, -0.25) is 0 Å². The average molecular weight is 220 g/mol. The number of nitrogens with one attached hydrogen (secondary N) is 1. The fourth-order valence-electron chi connectivity index (χ4n) is 3.29. The Morgan fingerprint density at radius 2 is 2.12 bits per heavy atom. The van der Waals surface area contributed by atoms with Gasteiger partial charge in [-0.15, -0.1) is 0 Å². The SMILES string of the molecule is Nc1cc(F)ccc1NC1CC2CCC1C2. The third kappa shape index (κ3) is 1.64. The van der Waals surface area contributed by atoms with Crippen LogP contribution in [0.2, 0.25) is 0 Å². The summed E-state index contributed by atoms with van der Waals surface area (Å²) in [5.41, 5.74) is 7.20. The van der Waals surface area contributed by atoms with Gasteiger partial charge in [0.2, 0.25) is 0 Å². The first kappa shape index (κ1) is 9.94. The maximum Gasteiger partial charge on any atom is 0.125 e. The monoisotopic (exact) mass is 220 g/mol. The van der Waals surface area contributed by atoms with E-state index in [9.17, 15) is 4.39 Å². The van der Waals surface area contributed by atoms with Gasteiger partial charge in [0.15, 0.2) is 0 Å². The largest absolute Gasteiger partial charge is 0.397 e. The van der Waals surface area contributed by atoms with E-state index in [0.29, 0.717) is 11.7 Å². The van der Waals surface area contributed by atoms with Crippen LogP contribution in [0.5, 0.6) is 0 Å². The Hall–Kier alpha value is -1.25. The van der Waals surface area contributed by atoms with Crippen LogP contribution in [-0.4, -0.2) is 6.04 Å². The van der Waals surface area contributed by atoms with Gasteiger partial charge in [0.1, 0.15) is 5.82 Å². The molecule has 1 aromatic carbocycles. The van der Waals surface area contributed by atoms with Gasteiger partial charge >= 0.3 is 0 Å². The number of anilines is 2. The van der Waals surface area contributed by atoms with Crippen LogP contribution in [0.25, 0.3) is 0 Å². The van der Waals surface area contributed by atoms with Gasteiger partial charge < -0.3 is 11.1 Å². The van der Waals surface area contributed by atoms with Crippen LogP contribution >= 0.6 is 0 Å². The molecule has 0 saturated heterocycles. The van der Waals surface area contributed by atoms with Gasteiger partial charge in [0.25, 0.3) is 0 Å². The van der Waals surface area contributed by atoms with Gasteiger partial charge in [-0.2, -0.15) is 0 Å². The van der Waals surface area contributed by atoms with Crippen molar-refractivity contribution >= 4 is 11.4 Å². The molecule has 2 fully saturated rings. The van der Waals surface area contributed by atoms with Gasteiger partial charge in [-0.05, 0) is 49.3 Å². The predicted octanol–water partition coefficient (Wildman–Crippen LogP) is 3.01. The molecule has 0 spiro atoms. The topological polar surface area (TPSA) is 38.0 Å². The Kier molecular flexibility index (Phi) is 2.27. The molecule has 0 amide bonds. The highest BCUT2D eigenvalue weighted by molar-refractivity contribution is 5.66. The summed E-state index contributed by atoms with van der Waals surface area (Å²) in [5.74, 6) is 1.44. The minimum Gasteiger partial charge on any atom is -0.397 e. The van der Waals surface area contributed by atoms with E-state index in [-0.39, 0.29) is 5.82 Å². The van der Waals surface area contributed by atoms with Gasteiger partial charge in [0.05, 0.1) is 11.4 Å². The van der Waals surface area contributed by atoms with Crippen LogP contribution in [0.1, 0.15) is 25.7 Å². The molecule has 2 aliphatic carbocycles. The van der Waals surface area contributed by atoms with Gasteiger partial charge in [-0.1, -0.05) is 6.42 Å². The van der Waals surface area contributed by atoms with Crippen LogP contribution in [0.15, 0.2) is 18.2 Å². The fraction of sp³-hybridized carbons (Fsp3) is 0.538. The second-order valence-corrected chi connectivity index (χ2v) is 5.16. The summed E-state index contributed by atoms with van der Waals surface area (Å²) in [7, 11) is 0. The highest BCUT2D eigenvalue weighted by Crippen LogP contribution is 2.45. The molecule has 3 unspecified atom stereocenters. The molecule has 3 rings (SSSR count).